The maximum absolute atomic E-state index is 10.7. The average molecular weight is 324 g/mol. The Morgan fingerprint density at radius 1 is 1.33 bits per heavy atom. The van der Waals surface area contributed by atoms with Gasteiger partial charge in [0.05, 0.1) is 23.7 Å². The minimum atomic E-state index is -0.484. The smallest absolute Gasteiger partial charge is 0.269 e. The van der Waals surface area contributed by atoms with Gasteiger partial charge in [0.2, 0.25) is 12.5 Å². The number of rotatable bonds is 4. The zero-order valence-electron chi connectivity index (χ0n) is 12.7. The van der Waals surface area contributed by atoms with Crippen LogP contribution in [-0.4, -0.2) is 18.8 Å². The minimum absolute atomic E-state index is 0.0270. The first-order valence-corrected chi connectivity index (χ1v) is 6.96. The molecule has 1 aliphatic heterocycles. The number of methoxy groups -OCH3 is 1. The van der Waals surface area contributed by atoms with Gasteiger partial charge in [-0.1, -0.05) is 0 Å². The number of hydrogen-bond acceptors (Lipinski definition) is 6. The molecule has 0 aliphatic carbocycles. The third kappa shape index (κ3) is 2.85. The van der Waals surface area contributed by atoms with Crippen LogP contribution in [0.2, 0.25) is 0 Å². The normalized spacial score (nSPS) is 12.6. The van der Waals surface area contributed by atoms with Gasteiger partial charge in [-0.3, -0.25) is 10.1 Å². The van der Waals surface area contributed by atoms with Crippen LogP contribution in [0, 0.1) is 21.4 Å². The molecule has 0 unspecified atom stereocenters. The van der Waals surface area contributed by atoms with E-state index < -0.39 is 4.92 Å². The van der Waals surface area contributed by atoms with E-state index in [-0.39, 0.29) is 12.5 Å². The highest BCUT2D eigenvalue weighted by molar-refractivity contribution is 5.90. The molecule has 1 aliphatic rings. The van der Waals surface area contributed by atoms with Crippen molar-refractivity contribution in [3.05, 3.63) is 57.6 Å². The van der Waals surface area contributed by atoms with E-state index in [9.17, 15) is 15.4 Å². The van der Waals surface area contributed by atoms with Crippen molar-refractivity contribution in [2.45, 2.75) is 0 Å². The number of nitriles is 1. The second-order valence-corrected chi connectivity index (χ2v) is 4.93. The van der Waals surface area contributed by atoms with E-state index >= 15 is 0 Å². The highest BCUT2D eigenvalue weighted by Crippen LogP contribution is 2.42. The predicted molar refractivity (Wildman–Crippen MR) is 85.7 cm³/mol. The monoisotopic (exact) mass is 324 g/mol. The third-order valence-corrected chi connectivity index (χ3v) is 3.50. The van der Waals surface area contributed by atoms with Gasteiger partial charge in [0.1, 0.15) is 0 Å². The number of allylic oxidation sites excluding steroid dienone is 1. The lowest BCUT2D eigenvalue weighted by atomic mass is 10.0. The first-order valence-electron chi connectivity index (χ1n) is 6.96. The zero-order valence-corrected chi connectivity index (χ0v) is 12.7. The summed E-state index contributed by atoms with van der Waals surface area (Å²) >= 11 is 0. The molecule has 0 fully saturated rings. The third-order valence-electron chi connectivity index (χ3n) is 3.50. The molecule has 3 rings (SSSR count). The van der Waals surface area contributed by atoms with Gasteiger partial charge in [0.25, 0.3) is 5.69 Å². The highest BCUT2D eigenvalue weighted by atomic mass is 16.7. The lowest BCUT2D eigenvalue weighted by Crippen LogP contribution is -1.93. The topological polar surface area (TPSA) is 94.6 Å². The van der Waals surface area contributed by atoms with Gasteiger partial charge < -0.3 is 14.2 Å². The van der Waals surface area contributed by atoms with E-state index in [1.165, 1.54) is 31.4 Å². The molecule has 0 spiro atoms. The molecule has 0 saturated carbocycles. The van der Waals surface area contributed by atoms with Gasteiger partial charge >= 0.3 is 0 Å². The molecule has 7 heteroatoms. The Balaban J connectivity index is 1.99. The van der Waals surface area contributed by atoms with Gasteiger partial charge in [-0.25, -0.2) is 0 Å². The summed E-state index contributed by atoms with van der Waals surface area (Å²) in [6, 6.07) is 11.4. The quantitative estimate of drug-likeness (QED) is 0.370. The van der Waals surface area contributed by atoms with Gasteiger partial charge in [-0.2, -0.15) is 5.26 Å². The molecule has 1 heterocycles. The summed E-state index contributed by atoms with van der Waals surface area (Å²) in [6.45, 7) is 0.117. The Morgan fingerprint density at radius 3 is 2.71 bits per heavy atom. The fraction of sp³-hybridized carbons (Fsp3) is 0.118. The number of nitro groups is 1. The summed E-state index contributed by atoms with van der Waals surface area (Å²) in [6.07, 6.45) is 1.66. The van der Waals surface area contributed by atoms with Crippen LogP contribution in [0.4, 0.5) is 5.69 Å². The van der Waals surface area contributed by atoms with Gasteiger partial charge in [-0.05, 0) is 41.5 Å². The molecule has 0 bridgehead atoms. The number of hydrogen-bond donors (Lipinski definition) is 0. The number of nitrogens with zero attached hydrogens (tertiary/aromatic N) is 2. The predicted octanol–water partition coefficient (Wildman–Crippen LogP) is 3.40. The summed E-state index contributed by atoms with van der Waals surface area (Å²) in [5, 5.41) is 20.1. The first-order chi connectivity index (χ1) is 11.6. The van der Waals surface area contributed by atoms with E-state index in [4.69, 9.17) is 14.2 Å². The van der Waals surface area contributed by atoms with Crippen LogP contribution in [0.5, 0.6) is 17.2 Å². The number of benzene rings is 2. The van der Waals surface area contributed by atoms with Crippen LogP contribution in [0.1, 0.15) is 11.1 Å². The van der Waals surface area contributed by atoms with Crippen LogP contribution >= 0.6 is 0 Å². The number of non-ortho nitro benzene ring substituents is 1. The Hall–Kier alpha value is -3.53. The van der Waals surface area contributed by atoms with Crippen molar-refractivity contribution < 1.29 is 19.1 Å². The molecule has 120 valence electrons. The Morgan fingerprint density at radius 2 is 2.08 bits per heavy atom. The van der Waals surface area contributed by atoms with E-state index in [2.05, 4.69) is 6.07 Å². The molecule has 2 aromatic carbocycles. The standard InChI is InChI=1S/C17H12N2O5/c1-22-15-7-11(8-16-17(15)24-10-23-16)6-13(9-18)12-2-4-14(5-3-12)19(20)21/h2-8H,10H2,1H3/b13-6-. The fourth-order valence-corrected chi connectivity index (χ4v) is 2.34. The largest absolute Gasteiger partial charge is 0.493 e. The number of ether oxygens (including phenoxy) is 3. The molecule has 0 atom stereocenters. The fourth-order valence-electron chi connectivity index (χ4n) is 2.34. The average Bonchev–Trinajstić information content (AvgIpc) is 3.07. The minimum Gasteiger partial charge on any atom is -0.493 e. The van der Waals surface area contributed by atoms with E-state index in [0.717, 1.165) is 0 Å². The van der Waals surface area contributed by atoms with Crippen LogP contribution in [0.15, 0.2) is 36.4 Å². The van der Waals surface area contributed by atoms with Gasteiger partial charge in [0, 0.05) is 12.1 Å². The number of nitro benzene ring substituents is 1. The molecule has 0 N–H and O–H groups in total. The zero-order chi connectivity index (χ0) is 17.1. The van der Waals surface area contributed by atoms with Gasteiger partial charge in [0.15, 0.2) is 11.5 Å². The summed E-state index contributed by atoms with van der Waals surface area (Å²) in [5.74, 6) is 1.59. The lowest BCUT2D eigenvalue weighted by molar-refractivity contribution is -0.384. The van der Waals surface area contributed by atoms with Gasteiger partial charge in [-0.15, -0.1) is 0 Å². The SMILES string of the molecule is COc1cc(/C=C(/C#N)c2ccc([N+](=O)[O-])cc2)cc2c1OCO2. The molecule has 0 amide bonds. The van der Waals surface area contributed by atoms with Crippen molar-refractivity contribution in [2.24, 2.45) is 0 Å². The van der Waals surface area contributed by atoms with Crippen LogP contribution in [0.3, 0.4) is 0 Å². The Kier molecular flexibility index (Phi) is 4.03. The molecule has 2 aromatic rings. The van der Waals surface area contributed by atoms with Crippen molar-refractivity contribution in [3.63, 3.8) is 0 Å². The lowest BCUT2D eigenvalue weighted by Gasteiger charge is -2.06. The molecule has 0 saturated heterocycles. The Labute approximate surface area is 137 Å². The summed E-state index contributed by atoms with van der Waals surface area (Å²) in [4.78, 5) is 10.2. The molecule has 0 aromatic heterocycles. The highest BCUT2D eigenvalue weighted by Gasteiger charge is 2.19. The molecule has 7 nitrogen and oxygen atoms in total. The van der Waals surface area contributed by atoms with Crippen LogP contribution < -0.4 is 14.2 Å². The van der Waals surface area contributed by atoms with Crippen LogP contribution in [-0.2, 0) is 0 Å². The first kappa shape index (κ1) is 15.4. The molecular weight excluding hydrogens is 312 g/mol. The summed E-state index contributed by atoms with van der Waals surface area (Å²) < 4.78 is 16.0. The molecular formula is C17H12N2O5. The van der Waals surface area contributed by atoms with Crippen molar-refractivity contribution in [3.8, 4) is 23.3 Å². The second kappa shape index (κ2) is 6.30. The van der Waals surface area contributed by atoms with Crippen molar-refractivity contribution >= 4 is 17.3 Å². The van der Waals surface area contributed by atoms with Crippen LogP contribution in [0.25, 0.3) is 11.6 Å². The molecule has 0 radical (unpaired) electrons. The summed E-state index contributed by atoms with van der Waals surface area (Å²) in [7, 11) is 1.52. The van der Waals surface area contributed by atoms with E-state index in [1.807, 2.05) is 0 Å². The van der Waals surface area contributed by atoms with E-state index in [1.54, 1.807) is 18.2 Å². The second-order valence-electron chi connectivity index (χ2n) is 4.93. The Bertz CT molecular complexity index is 866. The molecule has 24 heavy (non-hydrogen) atoms. The van der Waals surface area contributed by atoms with Crippen molar-refractivity contribution in [1.29, 1.82) is 5.26 Å². The maximum Gasteiger partial charge on any atom is 0.269 e. The number of fused-ring (bicyclic) bond motifs is 1. The summed E-state index contributed by atoms with van der Waals surface area (Å²) in [5.41, 5.74) is 1.62. The van der Waals surface area contributed by atoms with Crippen molar-refractivity contribution in [1.82, 2.24) is 0 Å². The maximum atomic E-state index is 10.7. The van der Waals surface area contributed by atoms with E-state index in [0.29, 0.717) is 33.9 Å². The van der Waals surface area contributed by atoms with Crippen molar-refractivity contribution in [2.75, 3.05) is 13.9 Å².